The van der Waals surface area contributed by atoms with E-state index in [1.165, 1.54) is 7.11 Å². The minimum absolute atomic E-state index is 0.290. The highest BCUT2D eigenvalue weighted by Crippen LogP contribution is 2.15. The molecule has 0 aliphatic rings. The average molecular weight is 196 g/mol. The number of hydrogen-bond donors (Lipinski definition) is 1. The van der Waals surface area contributed by atoms with Gasteiger partial charge in [-0.3, -0.25) is 0 Å². The Labute approximate surface area is 83.7 Å². The first kappa shape index (κ1) is 10.8. The minimum atomic E-state index is -0.290. The van der Waals surface area contributed by atoms with E-state index in [0.717, 1.165) is 17.9 Å². The summed E-state index contributed by atoms with van der Waals surface area (Å²) < 4.78 is 6.70. The Bertz CT molecular complexity index is 342. The van der Waals surface area contributed by atoms with Crippen LogP contribution in [0.5, 0.6) is 0 Å². The Morgan fingerprint density at radius 2 is 2.21 bits per heavy atom. The molecule has 1 aromatic heterocycles. The molecule has 1 heterocycles. The topological polar surface area (TPSA) is 57.2 Å². The van der Waals surface area contributed by atoms with Crippen molar-refractivity contribution < 1.29 is 9.53 Å². The number of rotatable bonds is 3. The van der Waals surface area contributed by atoms with E-state index in [2.05, 4.69) is 4.74 Å². The van der Waals surface area contributed by atoms with Crippen LogP contribution in [0.25, 0.3) is 0 Å². The number of hydrogen-bond acceptors (Lipinski definition) is 3. The van der Waals surface area contributed by atoms with E-state index in [1.54, 1.807) is 0 Å². The molecule has 0 atom stereocenters. The number of esters is 1. The van der Waals surface area contributed by atoms with Crippen LogP contribution in [0, 0.1) is 13.8 Å². The standard InChI is InChI=1S/C10H16N2O2/c1-7-6-9(10(13)14-3)8(2)12(7)5-4-11/h6H,4-5,11H2,1-3H3. The summed E-state index contributed by atoms with van der Waals surface area (Å²) >= 11 is 0. The van der Waals surface area contributed by atoms with Crippen LogP contribution < -0.4 is 5.73 Å². The maximum absolute atomic E-state index is 11.3. The monoisotopic (exact) mass is 196 g/mol. The van der Waals surface area contributed by atoms with Crippen LogP contribution in [0.1, 0.15) is 21.7 Å². The number of ether oxygens (including phenoxy) is 1. The van der Waals surface area contributed by atoms with Gasteiger partial charge in [0.15, 0.2) is 0 Å². The highest BCUT2D eigenvalue weighted by Gasteiger charge is 2.14. The van der Waals surface area contributed by atoms with Crippen LogP contribution in [0.2, 0.25) is 0 Å². The van der Waals surface area contributed by atoms with Crippen LogP contribution in [0.3, 0.4) is 0 Å². The molecule has 0 saturated carbocycles. The van der Waals surface area contributed by atoms with Gasteiger partial charge in [0, 0.05) is 24.5 Å². The van der Waals surface area contributed by atoms with Gasteiger partial charge in [0.05, 0.1) is 12.7 Å². The smallest absolute Gasteiger partial charge is 0.339 e. The van der Waals surface area contributed by atoms with Gasteiger partial charge in [0.1, 0.15) is 0 Å². The average Bonchev–Trinajstić information content (AvgIpc) is 2.45. The highest BCUT2D eigenvalue weighted by molar-refractivity contribution is 5.91. The van der Waals surface area contributed by atoms with Gasteiger partial charge in [-0.2, -0.15) is 0 Å². The normalized spacial score (nSPS) is 10.3. The van der Waals surface area contributed by atoms with Gasteiger partial charge in [-0.1, -0.05) is 0 Å². The Morgan fingerprint density at radius 1 is 1.57 bits per heavy atom. The second-order valence-electron chi connectivity index (χ2n) is 3.22. The summed E-state index contributed by atoms with van der Waals surface area (Å²) in [4.78, 5) is 11.3. The molecule has 0 aliphatic carbocycles. The first-order valence-electron chi connectivity index (χ1n) is 4.57. The molecule has 14 heavy (non-hydrogen) atoms. The predicted molar refractivity (Wildman–Crippen MR) is 54.3 cm³/mol. The van der Waals surface area contributed by atoms with E-state index in [9.17, 15) is 4.79 Å². The first-order chi connectivity index (χ1) is 6.61. The summed E-state index contributed by atoms with van der Waals surface area (Å²) in [5, 5.41) is 0. The van der Waals surface area contributed by atoms with Gasteiger partial charge in [0.25, 0.3) is 0 Å². The number of carbonyl (C=O) groups is 1. The lowest BCUT2D eigenvalue weighted by molar-refractivity contribution is 0.0600. The molecule has 0 saturated heterocycles. The summed E-state index contributed by atoms with van der Waals surface area (Å²) in [7, 11) is 1.39. The lowest BCUT2D eigenvalue weighted by Gasteiger charge is -2.07. The summed E-state index contributed by atoms with van der Waals surface area (Å²) in [6.07, 6.45) is 0. The van der Waals surface area contributed by atoms with Crippen LogP contribution in [0.4, 0.5) is 0 Å². The van der Waals surface area contributed by atoms with E-state index in [4.69, 9.17) is 5.73 Å². The number of carbonyl (C=O) groups excluding carboxylic acids is 1. The summed E-state index contributed by atoms with van der Waals surface area (Å²) in [5.74, 6) is -0.290. The zero-order valence-electron chi connectivity index (χ0n) is 8.83. The lowest BCUT2D eigenvalue weighted by atomic mass is 10.2. The zero-order valence-corrected chi connectivity index (χ0v) is 8.83. The van der Waals surface area contributed by atoms with Crippen LogP contribution in [-0.4, -0.2) is 24.2 Å². The molecular formula is C10H16N2O2. The van der Waals surface area contributed by atoms with Crippen molar-refractivity contribution in [2.24, 2.45) is 5.73 Å². The third kappa shape index (κ3) is 1.80. The van der Waals surface area contributed by atoms with E-state index in [0.29, 0.717) is 12.1 Å². The van der Waals surface area contributed by atoms with Crippen LogP contribution >= 0.6 is 0 Å². The number of methoxy groups -OCH3 is 1. The largest absolute Gasteiger partial charge is 0.465 e. The maximum atomic E-state index is 11.3. The second-order valence-corrected chi connectivity index (χ2v) is 3.22. The number of nitrogens with zero attached hydrogens (tertiary/aromatic N) is 1. The molecular weight excluding hydrogens is 180 g/mol. The molecule has 0 spiro atoms. The molecule has 4 heteroatoms. The number of aryl methyl sites for hydroxylation is 1. The molecule has 0 radical (unpaired) electrons. The maximum Gasteiger partial charge on any atom is 0.339 e. The summed E-state index contributed by atoms with van der Waals surface area (Å²) in [6.45, 7) is 5.15. The van der Waals surface area contributed by atoms with E-state index < -0.39 is 0 Å². The molecule has 2 N–H and O–H groups in total. The van der Waals surface area contributed by atoms with Gasteiger partial charge in [0.2, 0.25) is 0 Å². The van der Waals surface area contributed by atoms with Gasteiger partial charge in [-0.15, -0.1) is 0 Å². The molecule has 1 aromatic rings. The van der Waals surface area contributed by atoms with Crippen molar-refractivity contribution in [1.82, 2.24) is 4.57 Å². The first-order valence-corrected chi connectivity index (χ1v) is 4.57. The Morgan fingerprint density at radius 3 is 2.71 bits per heavy atom. The molecule has 1 rings (SSSR count). The third-order valence-electron chi connectivity index (χ3n) is 2.33. The fraction of sp³-hybridized carbons (Fsp3) is 0.500. The second kappa shape index (κ2) is 4.28. The molecule has 0 aromatic carbocycles. The molecule has 0 fully saturated rings. The molecule has 78 valence electrons. The summed E-state index contributed by atoms with van der Waals surface area (Å²) in [5.41, 5.74) is 8.05. The molecule has 0 bridgehead atoms. The predicted octanol–water partition coefficient (Wildman–Crippen LogP) is 0.850. The lowest BCUT2D eigenvalue weighted by Crippen LogP contribution is -2.13. The van der Waals surface area contributed by atoms with Gasteiger partial charge < -0.3 is 15.0 Å². The van der Waals surface area contributed by atoms with E-state index in [1.807, 2.05) is 24.5 Å². The van der Waals surface area contributed by atoms with Crippen molar-refractivity contribution in [3.63, 3.8) is 0 Å². The molecule has 0 aliphatic heterocycles. The van der Waals surface area contributed by atoms with Crippen LogP contribution in [-0.2, 0) is 11.3 Å². The Hall–Kier alpha value is -1.29. The van der Waals surface area contributed by atoms with E-state index in [-0.39, 0.29) is 5.97 Å². The van der Waals surface area contributed by atoms with Crippen molar-refractivity contribution in [3.05, 3.63) is 23.0 Å². The highest BCUT2D eigenvalue weighted by atomic mass is 16.5. The number of aromatic nitrogens is 1. The van der Waals surface area contributed by atoms with E-state index >= 15 is 0 Å². The van der Waals surface area contributed by atoms with Crippen LogP contribution in [0.15, 0.2) is 6.07 Å². The fourth-order valence-electron chi connectivity index (χ4n) is 1.59. The van der Waals surface area contributed by atoms with Crippen molar-refractivity contribution in [3.8, 4) is 0 Å². The third-order valence-corrected chi connectivity index (χ3v) is 2.33. The SMILES string of the molecule is COC(=O)c1cc(C)n(CCN)c1C. The van der Waals surface area contributed by atoms with Crippen molar-refractivity contribution in [2.45, 2.75) is 20.4 Å². The van der Waals surface area contributed by atoms with Gasteiger partial charge in [-0.25, -0.2) is 4.79 Å². The molecule has 4 nitrogen and oxygen atoms in total. The molecule has 0 unspecified atom stereocenters. The fourth-order valence-corrected chi connectivity index (χ4v) is 1.59. The Kier molecular flexibility index (Phi) is 3.30. The van der Waals surface area contributed by atoms with Crippen molar-refractivity contribution in [2.75, 3.05) is 13.7 Å². The van der Waals surface area contributed by atoms with Gasteiger partial charge in [-0.05, 0) is 19.9 Å². The Balaban J connectivity index is 3.10. The minimum Gasteiger partial charge on any atom is -0.465 e. The summed E-state index contributed by atoms with van der Waals surface area (Å²) in [6, 6.07) is 1.83. The zero-order chi connectivity index (χ0) is 10.7. The van der Waals surface area contributed by atoms with Gasteiger partial charge >= 0.3 is 5.97 Å². The quantitative estimate of drug-likeness (QED) is 0.729. The number of nitrogens with two attached hydrogens (primary N) is 1. The molecule has 0 amide bonds. The van der Waals surface area contributed by atoms with Crippen molar-refractivity contribution in [1.29, 1.82) is 0 Å². The van der Waals surface area contributed by atoms with Crippen molar-refractivity contribution >= 4 is 5.97 Å².